The summed E-state index contributed by atoms with van der Waals surface area (Å²) < 4.78 is 6.15. The molecular formula is C16H19N3O3S. The van der Waals surface area contributed by atoms with Crippen LogP contribution in [-0.2, 0) is 28.0 Å². The zero-order valence-corrected chi connectivity index (χ0v) is 13.6. The van der Waals surface area contributed by atoms with Gasteiger partial charge >= 0.3 is 0 Å². The van der Waals surface area contributed by atoms with E-state index in [2.05, 4.69) is 21.6 Å². The van der Waals surface area contributed by atoms with E-state index < -0.39 is 0 Å². The Kier molecular flexibility index (Phi) is 3.61. The van der Waals surface area contributed by atoms with Crippen molar-refractivity contribution in [3.05, 3.63) is 44.0 Å². The molecule has 0 aliphatic carbocycles. The molecule has 23 heavy (non-hydrogen) atoms. The number of nitrogens with zero attached hydrogens (tertiary/aromatic N) is 1. The monoisotopic (exact) mass is 333 g/mol. The lowest BCUT2D eigenvalue weighted by atomic mass is 9.82. The first kappa shape index (κ1) is 14.7. The molecule has 0 saturated carbocycles. The third-order valence-electron chi connectivity index (χ3n) is 4.93. The van der Waals surface area contributed by atoms with Crippen LogP contribution in [0, 0.1) is 0 Å². The Morgan fingerprint density at radius 2 is 2.22 bits per heavy atom. The third-order valence-corrected chi connectivity index (χ3v) is 5.91. The van der Waals surface area contributed by atoms with E-state index in [0.717, 1.165) is 25.9 Å². The van der Waals surface area contributed by atoms with Crippen molar-refractivity contribution >= 4 is 17.2 Å². The van der Waals surface area contributed by atoms with Crippen LogP contribution in [0.4, 0.5) is 0 Å². The van der Waals surface area contributed by atoms with Crippen LogP contribution in [0.1, 0.15) is 28.8 Å². The zero-order chi connectivity index (χ0) is 15.9. The van der Waals surface area contributed by atoms with Gasteiger partial charge in [-0.1, -0.05) is 0 Å². The van der Waals surface area contributed by atoms with Crippen LogP contribution < -0.4 is 5.56 Å². The zero-order valence-electron chi connectivity index (χ0n) is 12.8. The van der Waals surface area contributed by atoms with E-state index in [1.165, 1.54) is 10.4 Å². The lowest BCUT2D eigenvalue weighted by Gasteiger charge is -2.44. The van der Waals surface area contributed by atoms with Gasteiger partial charge in [-0.2, -0.15) is 0 Å². The minimum Gasteiger partial charge on any atom is -0.370 e. The van der Waals surface area contributed by atoms with Crippen LogP contribution in [0.5, 0.6) is 0 Å². The minimum atomic E-state index is -0.217. The highest BCUT2D eigenvalue weighted by Gasteiger charge is 2.42. The quantitative estimate of drug-likeness (QED) is 0.872. The smallest absolute Gasteiger partial charge is 0.267 e. The van der Waals surface area contributed by atoms with E-state index in [1.807, 2.05) is 4.90 Å². The highest BCUT2D eigenvalue weighted by molar-refractivity contribution is 7.10. The Morgan fingerprint density at radius 1 is 1.39 bits per heavy atom. The average Bonchev–Trinajstić information content (AvgIpc) is 3.19. The SMILES string of the molecule is O=C(Cc1c[nH][nH]c1=O)N1CCC2(CC1)OCCc1sccc12. The number of amides is 1. The highest BCUT2D eigenvalue weighted by atomic mass is 32.1. The molecule has 2 aromatic rings. The first-order chi connectivity index (χ1) is 11.2. The molecule has 6 nitrogen and oxygen atoms in total. The van der Waals surface area contributed by atoms with E-state index in [0.29, 0.717) is 18.7 Å². The summed E-state index contributed by atoms with van der Waals surface area (Å²) in [6.07, 6.45) is 4.36. The number of ether oxygens (including phenoxy) is 1. The number of thiophene rings is 1. The third kappa shape index (κ3) is 2.53. The molecule has 1 saturated heterocycles. The molecule has 4 heterocycles. The van der Waals surface area contributed by atoms with Crippen LogP contribution >= 0.6 is 11.3 Å². The number of fused-ring (bicyclic) bond motifs is 2. The number of likely N-dealkylation sites (tertiary alicyclic amines) is 1. The first-order valence-corrected chi connectivity index (χ1v) is 8.79. The second kappa shape index (κ2) is 5.65. The Morgan fingerprint density at radius 3 is 2.96 bits per heavy atom. The van der Waals surface area contributed by atoms with Crippen molar-refractivity contribution in [3.8, 4) is 0 Å². The number of carbonyl (C=O) groups excluding carboxylic acids is 1. The highest BCUT2D eigenvalue weighted by Crippen LogP contribution is 2.43. The number of hydrogen-bond donors (Lipinski definition) is 2. The molecule has 0 aromatic carbocycles. The summed E-state index contributed by atoms with van der Waals surface area (Å²) in [7, 11) is 0. The number of rotatable bonds is 2. The van der Waals surface area contributed by atoms with Crippen LogP contribution in [0.25, 0.3) is 0 Å². The molecular weight excluding hydrogens is 314 g/mol. The van der Waals surface area contributed by atoms with Gasteiger partial charge in [0.1, 0.15) is 0 Å². The van der Waals surface area contributed by atoms with Gasteiger partial charge in [-0.05, 0) is 29.9 Å². The summed E-state index contributed by atoms with van der Waals surface area (Å²) in [5.41, 5.74) is 1.38. The van der Waals surface area contributed by atoms with Crippen molar-refractivity contribution < 1.29 is 9.53 Å². The molecule has 1 fully saturated rings. The number of piperidine rings is 1. The van der Waals surface area contributed by atoms with Crippen molar-refractivity contribution in [2.45, 2.75) is 31.3 Å². The normalized spacial score (nSPS) is 19.7. The van der Waals surface area contributed by atoms with E-state index >= 15 is 0 Å². The number of aromatic amines is 2. The maximum absolute atomic E-state index is 12.4. The molecule has 1 amide bonds. The van der Waals surface area contributed by atoms with Gasteiger partial charge in [0, 0.05) is 36.1 Å². The number of hydrogen-bond acceptors (Lipinski definition) is 4. The molecule has 1 spiro atoms. The van der Waals surface area contributed by atoms with Gasteiger partial charge in [0.05, 0.1) is 18.6 Å². The summed E-state index contributed by atoms with van der Waals surface area (Å²) in [6.45, 7) is 2.12. The fourth-order valence-electron chi connectivity index (χ4n) is 3.63. The molecule has 4 rings (SSSR count). The molecule has 2 N–H and O–H groups in total. The Hall–Kier alpha value is -1.86. The van der Waals surface area contributed by atoms with E-state index in [-0.39, 0.29) is 23.5 Å². The predicted molar refractivity (Wildman–Crippen MR) is 86.6 cm³/mol. The number of carbonyl (C=O) groups is 1. The average molecular weight is 333 g/mol. The molecule has 0 atom stereocenters. The topological polar surface area (TPSA) is 78.2 Å². The lowest BCUT2D eigenvalue weighted by molar-refractivity contribution is -0.139. The molecule has 2 aromatic heterocycles. The fourth-order valence-corrected chi connectivity index (χ4v) is 4.58. The fraction of sp³-hybridized carbons (Fsp3) is 0.500. The van der Waals surface area contributed by atoms with Crippen molar-refractivity contribution in [1.82, 2.24) is 15.1 Å². The van der Waals surface area contributed by atoms with Crippen LogP contribution in [-0.4, -0.2) is 40.7 Å². The summed E-state index contributed by atoms with van der Waals surface area (Å²) in [5, 5.41) is 7.23. The largest absolute Gasteiger partial charge is 0.370 e. The van der Waals surface area contributed by atoms with Gasteiger partial charge < -0.3 is 14.7 Å². The van der Waals surface area contributed by atoms with Crippen molar-refractivity contribution in [2.24, 2.45) is 0 Å². The van der Waals surface area contributed by atoms with Gasteiger partial charge in [0.25, 0.3) is 5.56 Å². The van der Waals surface area contributed by atoms with Crippen LogP contribution in [0.2, 0.25) is 0 Å². The molecule has 0 radical (unpaired) electrons. The van der Waals surface area contributed by atoms with E-state index in [1.54, 1.807) is 17.5 Å². The maximum Gasteiger partial charge on any atom is 0.267 e. The summed E-state index contributed by atoms with van der Waals surface area (Å²) in [6, 6.07) is 2.18. The molecule has 0 bridgehead atoms. The molecule has 2 aliphatic heterocycles. The van der Waals surface area contributed by atoms with Crippen molar-refractivity contribution in [3.63, 3.8) is 0 Å². The van der Waals surface area contributed by atoms with Gasteiger partial charge in [0.2, 0.25) is 5.91 Å². The Balaban J connectivity index is 1.45. The van der Waals surface area contributed by atoms with Gasteiger partial charge in [-0.25, -0.2) is 0 Å². The summed E-state index contributed by atoms with van der Waals surface area (Å²) in [5.74, 6) is 0.00583. The lowest BCUT2D eigenvalue weighted by Crippen LogP contribution is -2.48. The van der Waals surface area contributed by atoms with Gasteiger partial charge in [0.15, 0.2) is 0 Å². The second-order valence-electron chi connectivity index (χ2n) is 6.18. The molecule has 122 valence electrons. The Labute approximate surface area is 137 Å². The number of nitrogens with one attached hydrogen (secondary N) is 2. The van der Waals surface area contributed by atoms with Crippen molar-refractivity contribution in [2.75, 3.05) is 19.7 Å². The first-order valence-electron chi connectivity index (χ1n) is 7.91. The number of H-pyrrole nitrogens is 2. The van der Waals surface area contributed by atoms with Crippen LogP contribution in [0.3, 0.4) is 0 Å². The van der Waals surface area contributed by atoms with Gasteiger partial charge in [-0.15, -0.1) is 11.3 Å². The van der Waals surface area contributed by atoms with Crippen molar-refractivity contribution in [1.29, 1.82) is 0 Å². The molecule has 0 unspecified atom stereocenters. The number of aromatic nitrogens is 2. The van der Waals surface area contributed by atoms with E-state index in [4.69, 9.17) is 4.74 Å². The summed E-state index contributed by atoms with van der Waals surface area (Å²) >= 11 is 1.80. The molecule has 2 aliphatic rings. The minimum absolute atomic E-state index is 0.00583. The summed E-state index contributed by atoms with van der Waals surface area (Å²) in [4.78, 5) is 27.2. The van der Waals surface area contributed by atoms with Gasteiger partial charge in [-0.3, -0.25) is 14.7 Å². The standard InChI is InChI=1S/C16H19N3O3S/c20-14(9-11-10-17-18-15(11)21)19-5-3-16(4-6-19)12-2-8-23-13(12)1-7-22-16/h2,8,10H,1,3-7,9H2,(H2,17,18,21). The maximum atomic E-state index is 12.4. The van der Waals surface area contributed by atoms with Crippen LogP contribution in [0.15, 0.2) is 22.4 Å². The second-order valence-corrected chi connectivity index (χ2v) is 7.18. The Bertz CT molecular complexity index is 767. The molecule has 7 heteroatoms. The van der Waals surface area contributed by atoms with E-state index in [9.17, 15) is 9.59 Å². The predicted octanol–water partition coefficient (Wildman–Crippen LogP) is 1.40.